The molecular weight excluding hydrogens is 252 g/mol. The lowest BCUT2D eigenvalue weighted by Crippen LogP contribution is -2.07. The molecule has 2 aromatic rings. The Morgan fingerprint density at radius 3 is 2.85 bits per heavy atom. The van der Waals surface area contributed by atoms with Crippen LogP contribution >= 0.6 is 0 Å². The molecule has 0 aliphatic carbocycles. The van der Waals surface area contributed by atoms with E-state index in [9.17, 15) is 4.79 Å². The van der Waals surface area contributed by atoms with Gasteiger partial charge < -0.3 is 4.74 Å². The number of aromatic nitrogens is 2. The first-order valence-corrected chi connectivity index (χ1v) is 6.82. The number of carbonyl (C=O) groups is 1. The van der Waals surface area contributed by atoms with E-state index in [0.29, 0.717) is 18.4 Å². The maximum Gasteiger partial charge on any atom is 0.163 e. The Bertz CT molecular complexity index is 588. The highest BCUT2D eigenvalue weighted by Gasteiger charge is 2.08. The van der Waals surface area contributed by atoms with Gasteiger partial charge in [0.25, 0.3) is 0 Å². The lowest BCUT2D eigenvalue weighted by Gasteiger charge is -2.10. The van der Waals surface area contributed by atoms with Gasteiger partial charge in [-0.3, -0.25) is 9.48 Å². The summed E-state index contributed by atoms with van der Waals surface area (Å²) >= 11 is 0. The van der Waals surface area contributed by atoms with Crippen LogP contribution in [0.15, 0.2) is 36.7 Å². The van der Waals surface area contributed by atoms with Gasteiger partial charge in [-0.05, 0) is 38.0 Å². The summed E-state index contributed by atoms with van der Waals surface area (Å²) in [7, 11) is 1.87. The average molecular weight is 272 g/mol. The van der Waals surface area contributed by atoms with Crippen LogP contribution in [0.2, 0.25) is 0 Å². The first kappa shape index (κ1) is 14.3. The number of Topliss-reactive ketones (excluding diaryl/α,β-unsaturated/α-hetero) is 1. The second-order valence-electron chi connectivity index (χ2n) is 5.14. The van der Waals surface area contributed by atoms with E-state index in [2.05, 4.69) is 5.10 Å². The summed E-state index contributed by atoms with van der Waals surface area (Å²) in [5, 5.41) is 4.10. The third-order valence-electron chi connectivity index (χ3n) is 2.93. The molecule has 0 amide bonds. The highest BCUT2D eigenvalue weighted by molar-refractivity contribution is 5.96. The quantitative estimate of drug-likeness (QED) is 0.759. The zero-order valence-corrected chi connectivity index (χ0v) is 12.2. The number of hydrogen-bond donors (Lipinski definition) is 0. The molecular formula is C16H20N2O2. The summed E-state index contributed by atoms with van der Waals surface area (Å²) in [5.74, 6) is 0.871. The molecule has 4 heteroatoms. The molecule has 2 rings (SSSR count). The van der Waals surface area contributed by atoms with Crippen molar-refractivity contribution in [2.75, 3.05) is 0 Å². The fourth-order valence-corrected chi connectivity index (χ4v) is 2.02. The molecule has 0 radical (unpaired) electrons. The largest absolute Gasteiger partial charge is 0.491 e. The summed E-state index contributed by atoms with van der Waals surface area (Å²) in [6, 6.07) is 7.37. The molecule has 1 heterocycles. The molecule has 20 heavy (non-hydrogen) atoms. The van der Waals surface area contributed by atoms with Gasteiger partial charge in [-0.15, -0.1) is 0 Å². The van der Waals surface area contributed by atoms with Crippen LogP contribution in [0.1, 0.15) is 36.2 Å². The van der Waals surface area contributed by atoms with Crippen molar-refractivity contribution in [3.63, 3.8) is 0 Å². The molecule has 0 atom stereocenters. The van der Waals surface area contributed by atoms with Crippen molar-refractivity contribution in [3.8, 4) is 5.75 Å². The highest BCUT2D eigenvalue weighted by Crippen LogP contribution is 2.17. The lowest BCUT2D eigenvalue weighted by molar-refractivity contribution is 0.0982. The van der Waals surface area contributed by atoms with E-state index in [1.54, 1.807) is 10.9 Å². The topological polar surface area (TPSA) is 44.1 Å². The summed E-state index contributed by atoms with van der Waals surface area (Å²) in [6.07, 6.45) is 5.03. The molecule has 4 nitrogen and oxygen atoms in total. The standard InChI is InChI=1S/C16H20N2O2/c1-12(2)20-15-6-4-5-14(9-15)16(19)8-7-13-10-17-18(3)11-13/h4-6,9-12H,7-8H2,1-3H3. The average Bonchev–Trinajstić information content (AvgIpc) is 2.81. The Kier molecular flexibility index (Phi) is 4.56. The summed E-state index contributed by atoms with van der Waals surface area (Å²) < 4.78 is 7.35. The number of aryl methyl sites for hydroxylation is 2. The van der Waals surface area contributed by atoms with Gasteiger partial charge in [0.1, 0.15) is 5.75 Å². The van der Waals surface area contributed by atoms with Crippen LogP contribution in [0.3, 0.4) is 0 Å². The molecule has 106 valence electrons. The number of rotatable bonds is 6. The monoisotopic (exact) mass is 272 g/mol. The van der Waals surface area contributed by atoms with Crippen molar-refractivity contribution in [1.29, 1.82) is 0 Å². The zero-order valence-electron chi connectivity index (χ0n) is 12.2. The highest BCUT2D eigenvalue weighted by atomic mass is 16.5. The molecule has 1 aromatic carbocycles. The number of ketones is 1. The third kappa shape index (κ3) is 3.95. The minimum atomic E-state index is 0.107. The summed E-state index contributed by atoms with van der Waals surface area (Å²) in [5.41, 5.74) is 1.78. The molecule has 0 aliphatic heterocycles. The molecule has 0 saturated heterocycles. The van der Waals surface area contributed by atoms with Crippen molar-refractivity contribution in [1.82, 2.24) is 9.78 Å². The van der Waals surface area contributed by atoms with Crippen LogP contribution in [0.4, 0.5) is 0 Å². The van der Waals surface area contributed by atoms with Crippen LogP contribution in [0.5, 0.6) is 5.75 Å². The van der Waals surface area contributed by atoms with Gasteiger partial charge in [0.15, 0.2) is 5.78 Å². The minimum Gasteiger partial charge on any atom is -0.491 e. The van der Waals surface area contributed by atoms with Crippen molar-refractivity contribution < 1.29 is 9.53 Å². The van der Waals surface area contributed by atoms with Gasteiger partial charge in [-0.1, -0.05) is 12.1 Å². The van der Waals surface area contributed by atoms with E-state index in [1.807, 2.05) is 51.4 Å². The Morgan fingerprint density at radius 1 is 1.40 bits per heavy atom. The lowest BCUT2D eigenvalue weighted by atomic mass is 10.0. The first-order valence-electron chi connectivity index (χ1n) is 6.82. The molecule has 0 fully saturated rings. The van der Waals surface area contributed by atoms with E-state index in [4.69, 9.17) is 4.74 Å². The van der Waals surface area contributed by atoms with Crippen LogP contribution in [0.25, 0.3) is 0 Å². The molecule has 0 N–H and O–H groups in total. The number of carbonyl (C=O) groups excluding carboxylic acids is 1. The molecule has 0 aliphatic rings. The Balaban J connectivity index is 1.98. The van der Waals surface area contributed by atoms with E-state index >= 15 is 0 Å². The number of hydrogen-bond acceptors (Lipinski definition) is 3. The molecule has 0 saturated carbocycles. The van der Waals surface area contributed by atoms with Gasteiger partial charge in [0.05, 0.1) is 12.3 Å². The Labute approximate surface area is 119 Å². The van der Waals surface area contributed by atoms with Crippen LogP contribution in [0, 0.1) is 0 Å². The maximum atomic E-state index is 12.2. The third-order valence-corrected chi connectivity index (χ3v) is 2.93. The number of benzene rings is 1. The summed E-state index contributed by atoms with van der Waals surface area (Å²) in [4.78, 5) is 12.2. The number of nitrogens with zero attached hydrogens (tertiary/aromatic N) is 2. The molecule has 0 unspecified atom stereocenters. The minimum absolute atomic E-state index is 0.107. The maximum absolute atomic E-state index is 12.2. The predicted molar refractivity (Wildman–Crippen MR) is 78.1 cm³/mol. The van der Waals surface area contributed by atoms with Crippen molar-refractivity contribution in [3.05, 3.63) is 47.8 Å². The van der Waals surface area contributed by atoms with Crippen molar-refractivity contribution >= 4 is 5.78 Å². The van der Waals surface area contributed by atoms with E-state index in [-0.39, 0.29) is 11.9 Å². The Morgan fingerprint density at radius 2 is 2.20 bits per heavy atom. The van der Waals surface area contributed by atoms with E-state index < -0.39 is 0 Å². The fourth-order valence-electron chi connectivity index (χ4n) is 2.02. The molecule has 0 spiro atoms. The Hall–Kier alpha value is -2.10. The van der Waals surface area contributed by atoms with Gasteiger partial charge in [0.2, 0.25) is 0 Å². The van der Waals surface area contributed by atoms with Gasteiger partial charge in [0, 0.05) is 25.2 Å². The molecule has 1 aromatic heterocycles. The zero-order chi connectivity index (χ0) is 14.5. The number of ether oxygens (including phenoxy) is 1. The van der Waals surface area contributed by atoms with Crippen LogP contribution in [-0.2, 0) is 13.5 Å². The smallest absolute Gasteiger partial charge is 0.163 e. The first-order chi connectivity index (χ1) is 9.54. The second-order valence-corrected chi connectivity index (χ2v) is 5.14. The van der Waals surface area contributed by atoms with Crippen LogP contribution < -0.4 is 4.74 Å². The summed E-state index contributed by atoms with van der Waals surface area (Å²) in [6.45, 7) is 3.94. The van der Waals surface area contributed by atoms with Gasteiger partial charge >= 0.3 is 0 Å². The predicted octanol–water partition coefficient (Wildman–Crippen LogP) is 3.02. The normalized spacial score (nSPS) is 10.8. The SMILES string of the molecule is CC(C)Oc1cccc(C(=O)CCc2cnn(C)c2)c1. The van der Waals surface area contributed by atoms with Gasteiger partial charge in [-0.25, -0.2) is 0 Å². The van der Waals surface area contributed by atoms with E-state index in [1.165, 1.54) is 0 Å². The van der Waals surface area contributed by atoms with Crippen molar-refractivity contribution in [2.24, 2.45) is 7.05 Å². The van der Waals surface area contributed by atoms with E-state index in [0.717, 1.165) is 11.3 Å². The fraction of sp³-hybridized carbons (Fsp3) is 0.375. The second kappa shape index (κ2) is 6.37. The van der Waals surface area contributed by atoms with Crippen molar-refractivity contribution in [2.45, 2.75) is 32.8 Å². The molecule has 0 bridgehead atoms. The van der Waals surface area contributed by atoms with Crippen LogP contribution in [-0.4, -0.2) is 21.7 Å². The van der Waals surface area contributed by atoms with Gasteiger partial charge in [-0.2, -0.15) is 5.10 Å².